The van der Waals surface area contributed by atoms with Crippen molar-refractivity contribution in [1.29, 1.82) is 0 Å². The molecule has 1 atom stereocenters. The number of carbonyl (C=O) groups is 1. The molecule has 1 aliphatic heterocycles. The number of hydrogen-bond donors (Lipinski definition) is 0. The Labute approximate surface area is 161 Å². The fourth-order valence-electron chi connectivity index (χ4n) is 3.78. The Bertz CT molecular complexity index is 939. The van der Waals surface area contributed by atoms with Crippen molar-refractivity contribution in [2.75, 3.05) is 18.1 Å². The molecule has 0 saturated carbocycles. The van der Waals surface area contributed by atoms with Gasteiger partial charge in [0.2, 0.25) is 5.78 Å². The number of hydrogen-bond acceptors (Lipinski definition) is 4. The van der Waals surface area contributed by atoms with E-state index in [1.165, 1.54) is 5.56 Å². The molecule has 1 saturated heterocycles. The van der Waals surface area contributed by atoms with E-state index in [9.17, 15) is 13.2 Å². The first-order chi connectivity index (χ1) is 12.7. The van der Waals surface area contributed by atoms with Crippen molar-refractivity contribution in [3.05, 3.63) is 52.8 Å². The number of rotatable bonds is 6. The average molecular weight is 390 g/mol. The molecule has 27 heavy (non-hydrogen) atoms. The van der Waals surface area contributed by atoms with Gasteiger partial charge in [0, 0.05) is 23.0 Å². The van der Waals surface area contributed by atoms with Gasteiger partial charge in [0.25, 0.3) is 0 Å². The van der Waals surface area contributed by atoms with E-state index < -0.39 is 9.84 Å². The molecule has 0 spiro atoms. The molecule has 0 aliphatic carbocycles. The lowest BCUT2D eigenvalue weighted by atomic mass is 10.0. The van der Waals surface area contributed by atoms with E-state index in [0.29, 0.717) is 23.7 Å². The Morgan fingerprint density at radius 1 is 1.22 bits per heavy atom. The van der Waals surface area contributed by atoms with Crippen LogP contribution in [0, 0.1) is 13.8 Å². The molecule has 1 aromatic carbocycles. The lowest BCUT2D eigenvalue weighted by Crippen LogP contribution is -2.16. The molecule has 0 unspecified atom stereocenters. The third kappa shape index (κ3) is 4.26. The molecule has 0 radical (unpaired) electrons. The van der Waals surface area contributed by atoms with Crippen molar-refractivity contribution in [3.63, 3.8) is 0 Å². The zero-order chi connectivity index (χ0) is 19.8. The zero-order valence-corrected chi connectivity index (χ0v) is 17.2. The summed E-state index contributed by atoms with van der Waals surface area (Å²) in [7, 11) is -2.97. The Balaban J connectivity index is 1.71. The lowest BCUT2D eigenvalue weighted by molar-refractivity contribution is 0.0920. The third-order valence-corrected chi connectivity index (χ3v) is 7.03. The number of sulfone groups is 1. The second kappa shape index (κ2) is 7.50. The van der Waals surface area contributed by atoms with Crippen LogP contribution in [0.15, 0.2) is 30.3 Å². The van der Waals surface area contributed by atoms with Crippen molar-refractivity contribution in [3.8, 4) is 5.75 Å². The van der Waals surface area contributed by atoms with Gasteiger partial charge in [0.05, 0.1) is 11.5 Å². The van der Waals surface area contributed by atoms with Crippen LogP contribution in [0.4, 0.5) is 0 Å². The van der Waals surface area contributed by atoms with E-state index in [1.807, 2.05) is 48.7 Å². The van der Waals surface area contributed by atoms with Gasteiger partial charge in [-0.05, 0) is 49.9 Å². The fourth-order valence-corrected chi connectivity index (χ4v) is 5.48. The number of ether oxygens (including phenoxy) is 1. The van der Waals surface area contributed by atoms with Gasteiger partial charge < -0.3 is 9.30 Å². The minimum atomic E-state index is -2.97. The van der Waals surface area contributed by atoms with Crippen LogP contribution in [0.5, 0.6) is 5.75 Å². The topological polar surface area (TPSA) is 65.4 Å². The summed E-state index contributed by atoms with van der Waals surface area (Å²) in [5.41, 5.74) is 3.57. The van der Waals surface area contributed by atoms with Crippen LogP contribution in [0.1, 0.15) is 59.5 Å². The van der Waals surface area contributed by atoms with E-state index in [0.717, 1.165) is 11.4 Å². The van der Waals surface area contributed by atoms with Crippen LogP contribution >= 0.6 is 0 Å². The smallest absolute Gasteiger partial charge is 0.202 e. The standard InChI is InChI=1S/C21H27NO4S/c1-14(2)17-5-7-19(8-6-17)26-12-21(23)20-11-15(3)22(16(20)4)18-9-10-27(24,25)13-18/h5-8,11,14,18H,9-10,12-13H2,1-4H3/t18-/m0/s1. The Kier molecular flexibility index (Phi) is 5.47. The zero-order valence-electron chi connectivity index (χ0n) is 16.4. The molecule has 2 aromatic rings. The van der Waals surface area contributed by atoms with Gasteiger partial charge in [0.15, 0.2) is 16.4 Å². The predicted molar refractivity (Wildman–Crippen MR) is 107 cm³/mol. The number of Topliss-reactive ketones (excluding diaryl/α,β-unsaturated/α-hetero) is 1. The van der Waals surface area contributed by atoms with Crippen molar-refractivity contribution < 1.29 is 17.9 Å². The number of benzene rings is 1. The molecule has 2 heterocycles. The highest BCUT2D eigenvalue weighted by atomic mass is 32.2. The molecular weight excluding hydrogens is 362 g/mol. The molecule has 0 amide bonds. The van der Waals surface area contributed by atoms with E-state index in [4.69, 9.17) is 4.74 Å². The van der Waals surface area contributed by atoms with E-state index in [2.05, 4.69) is 13.8 Å². The summed E-state index contributed by atoms with van der Waals surface area (Å²) in [4.78, 5) is 12.7. The van der Waals surface area contributed by atoms with Gasteiger partial charge in [-0.1, -0.05) is 26.0 Å². The van der Waals surface area contributed by atoms with Gasteiger partial charge >= 0.3 is 0 Å². The highest BCUT2D eigenvalue weighted by molar-refractivity contribution is 7.91. The van der Waals surface area contributed by atoms with Gasteiger partial charge in [-0.25, -0.2) is 8.42 Å². The summed E-state index contributed by atoms with van der Waals surface area (Å²) in [6.07, 6.45) is 0.602. The van der Waals surface area contributed by atoms with Crippen molar-refractivity contribution in [2.24, 2.45) is 0 Å². The van der Waals surface area contributed by atoms with Gasteiger partial charge in [0.1, 0.15) is 5.75 Å². The molecule has 0 bridgehead atoms. The lowest BCUT2D eigenvalue weighted by Gasteiger charge is -2.16. The minimum Gasteiger partial charge on any atom is -0.485 e. The first-order valence-corrected chi connectivity index (χ1v) is 11.1. The normalized spacial score (nSPS) is 18.8. The first-order valence-electron chi connectivity index (χ1n) is 9.33. The second-order valence-electron chi connectivity index (χ2n) is 7.65. The molecule has 1 aliphatic rings. The number of aryl methyl sites for hydroxylation is 1. The van der Waals surface area contributed by atoms with E-state index >= 15 is 0 Å². The van der Waals surface area contributed by atoms with Crippen LogP contribution in [-0.2, 0) is 9.84 Å². The second-order valence-corrected chi connectivity index (χ2v) is 9.88. The number of carbonyl (C=O) groups excluding carboxylic acids is 1. The summed E-state index contributed by atoms with van der Waals surface area (Å²) in [5, 5.41) is 0. The Hall–Kier alpha value is -2.08. The fraction of sp³-hybridized carbons (Fsp3) is 0.476. The van der Waals surface area contributed by atoms with Crippen LogP contribution in [-0.4, -0.2) is 36.9 Å². The maximum absolute atomic E-state index is 12.7. The number of aromatic nitrogens is 1. The molecule has 1 aromatic heterocycles. The van der Waals surface area contributed by atoms with Crippen molar-refractivity contribution in [1.82, 2.24) is 4.57 Å². The number of nitrogens with zero attached hydrogens (tertiary/aromatic N) is 1. The summed E-state index contributed by atoms with van der Waals surface area (Å²) < 4.78 is 31.3. The molecular formula is C21H27NO4S. The summed E-state index contributed by atoms with van der Waals surface area (Å²) in [5.74, 6) is 1.39. The van der Waals surface area contributed by atoms with Gasteiger partial charge in [-0.2, -0.15) is 0 Å². The largest absolute Gasteiger partial charge is 0.485 e. The van der Waals surface area contributed by atoms with Crippen molar-refractivity contribution >= 4 is 15.6 Å². The molecule has 1 fully saturated rings. The molecule has 3 rings (SSSR count). The summed E-state index contributed by atoms with van der Waals surface area (Å²) in [6, 6.07) is 9.55. The SMILES string of the molecule is Cc1cc(C(=O)COc2ccc(C(C)C)cc2)c(C)n1[C@H]1CCS(=O)(=O)C1. The monoisotopic (exact) mass is 389 g/mol. The summed E-state index contributed by atoms with van der Waals surface area (Å²) in [6.45, 7) is 8.02. The molecule has 146 valence electrons. The molecule has 5 nitrogen and oxygen atoms in total. The van der Waals surface area contributed by atoms with E-state index in [-0.39, 0.29) is 29.9 Å². The van der Waals surface area contributed by atoms with Crippen molar-refractivity contribution in [2.45, 2.75) is 46.1 Å². The summed E-state index contributed by atoms with van der Waals surface area (Å²) >= 11 is 0. The third-order valence-electron chi connectivity index (χ3n) is 5.28. The van der Waals surface area contributed by atoms with Crippen LogP contribution in [0.2, 0.25) is 0 Å². The maximum Gasteiger partial charge on any atom is 0.202 e. The van der Waals surface area contributed by atoms with Crippen LogP contribution in [0.25, 0.3) is 0 Å². The van der Waals surface area contributed by atoms with Crippen LogP contribution < -0.4 is 4.74 Å². The van der Waals surface area contributed by atoms with Crippen LogP contribution in [0.3, 0.4) is 0 Å². The highest BCUT2D eigenvalue weighted by Crippen LogP contribution is 2.29. The Morgan fingerprint density at radius 3 is 2.44 bits per heavy atom. The quantitative estimate of drug-likeness (QED) is 0.704. The first kappa shape index (κ1) is 19.7. The minimum absolute atomic E-state index is 0.0334. The number of ketones is 1. The van der Waals surface area contributed by atoms with Gasteiger partial charge in [-0.3, -0.25) is 4.79 Å². The molecule has 6 heteroatoms. The maximum atomic E-state index is 12.7. The average Bonchev–Trinajstić information content (AvgIpc) is 3.11. The predicted octanol–water partition coefficient (Wildman–Crippen LogP) is 3.85. The Morgan fingerprint density at radius 2 is 1.89 bits per heavy atom. The van der Waals surface area contributed by atoms with E-state index in [1.54, 1.807) is 0 Å². The molecule has 0 N–H and O–H groups in total. The van der Waals surface area contributed by atoms with Gasteiger partial charge in [-0.15, -0.1) is 0 Å². The highest BCUT2D eigenvalue weighted by Gasteiger charge is 2.31.